The minimum atomic E-state index is -0.825. The lowest BCUT2D eigenvalue weighted by Crippen LogP contribution is -2.41. The highest BCUT2D eigenvalue weighted by molar-refractivity contribution is 7.73. The van der Waals surface area contributed by atoms with Crippen LogP contribution < -0.4 is 10.2 Å². The van der Waals surface area contributed by atoms with Crippen LogP contribution in [-0.2, 0) is 4.79 Å². The lowest BCUT2D eigenvalue weighted by atomic mass is 10.2. The summed E-state index contributed by atoms with van der Waals surface area (Å²) in [4.78, 5) is 33.3. The summed E-state index contributed by atoms with van der Waals surface area (Å²) in [6.45, 7) is 3.19. The smallest absolute Gasteiger partial charge is 0.323 e. The summed E-state index contributed by atoms with van der Waals surface area (Å²) in [7, 11) is 0. The Bertz CT molecular complexity index is 818. The number of amides is 2. The van der Waals surface area contributed by atoms with Crippen LogP contribution in [0.4, 0.5) is 10.6 Å². The van der Waals surface area contributed by atoms with Gasteiger partial charge in [0.1, 0.15) is 10.6 Å². The lowest BCUT2D eigenvalue weighted by Gasteiger charge is -2.22. The van der Waals surface area contributed by atoms with Crippen LogP contribution in [0.2, 0.25) is 0 Å². The van der Waals surface area contributed by atoms with Crippen LogP contribution in [0.5, 0.6) is 0 Å². The zero-order valence-electron chi connectivity index (χ0n) is 15.5. The fourth-order valence-corrected chi connectivity index (χ4v) is 3.74. The number of anilines is 1. The number of unbranched alkanes of at least 4 members (excludes halogenated alkanes) is 4. The van der Waals surface area contributed by atoms with E-state index in [1.807, 2.05) is 6.07 Å². The molecule has 0 aliphatic heterocycles. The molecule has 27 heavy (non-hydrogen) atoms. The van der Waals surface area contributed by atoms with Crippen LogP contribution in [-0.4, -0.2) is 40.2 Å². The molecule has 3 N–H and O–H groups in total. The van der Waals surface area contributed by atoms with Crippen molar-refractivity contribution in [3.8, 4) is 0 Å². The first kappa shape index (κ1) is 21.3. The summed E-state index contributed by atoms with van der Waals surface area (Å²) in [6, 6.07) is 3.45. The van der Waals surface area contributed by atoms with Gasteiger partial charge in [-0.1, -0.05) is 37.5 Å². The maximum atomic E-state index is 12.7. The number of H-pyrrole nitrogens is 1. The number of aliphatic carboxylic acids is 1. The van der Waals surface area contributed by atoms with E-state index in [9.17, 15) is 9.59 Å². The highest BCUT2D eigenvalue weighted by atomic mass is 32.1. The molecule has 9 heteroatoms. The predicted octanol–water partition coefficient (Wildman–Crippen LogP) is 4.71. The number of thiazole rings is 1. The molecule has 0 aliphatic rings. The van der Waals surface area contributed by atoms with Crippen molar-refractivity contribution >= 4 is 51.7 Å². The van der Waals surface area contributed by atoms with Gasteiger partial charge in [-0.05, 0) is 43.6 Å². The second-order valence-electron chi connectivity index (χ2n) is 6.33. The lowest BCUT2D eigenvalue weighted by molar-refractivity contribution is -0.137. The fraction of sp³-hybridized carbons (Fsp3) is 0.556. The molecule has 0 radical (unpaired) electrons. The SMILES string of the molecule is CCCCCCNC(=O)N(CCCCC(=O)O)c1ccc2[nH]c(=S)sc2n1. The normalized spacial score (nSPS) is 10.9. The summed E-state index contributed by atoms with van der Waals surface area (Å²) in [6.07, 6.45) is 5.54. The molecule has 7 nitrogen and oxygen atoms in total. The summed E-state index contributed by atoms with van der Waals surface area (Å²) in [5.74, 6) is -0.275. The Kier molecular flexibility index (Phi) is 8.66. The van der Waals surface area contributed by atoms with Crippen LogP contribution in [0, 0.1) is 3.95 Å². The Labute approximate surface area is 167 Å². The third kappa shape index (κ3) is 6.91. The van der Waals surface area contributed by atoms with E-state index in [4.69, 9.17) is 17.3 Å². The first-order chi connectivity index (χ1) is 13.0. The van der Waals surface area contributed by atoms with Gasteiger partial charge < -0.3 is 15.4 Å². The minimum absolute atomic E-state index is 0.0954. The van der Waals surface area contributed by atoms with Crippen molar-refractivity contribution in [1.29, 1.82) is 0 Å². The van der Waals surface area contributed by atoms with Gasteiger partial charge >= 0.3 is 12.0 Å². The fourth-order valence-electron chi connectivity index (χ4n) is 2.69. The zero-order valence-corrected chi connectivity index (χ0v) is 17.1. The molecule has 148 valence electrons. The topological polar surface area (TPSA) is 98.3 Å². The van der Waals surface area contributed by atoms with E-state index in [-0.39, 0.29) is 12.5 Å². The maximum Gasteiger partial charge on any atom is 0.323 e. The molecule has 0 atom stereocenters. The van der Waals surface area contributed by atoms with Crippen molar-refractivity contribution in [1.82, 2.24) is 15.3 Å². The number of aromatic amines is 1. The molecular weight excluding hydrogens is 384 g/mol. The van der Waals surface area contributed by atoms with Crippen LogP contribution in [0.15, 0.2) is 12.1 Å². The Balaban J connectivity index is 2.05. The number of urea groups is 1. The van der Waals surface area contributed by atoms with E-state index in [0.717, 1.165) is 36.0 Å². The van der Waals surface area contributed by atoms with Gasteiger partial charge in [0.15, 0.2) is 3.95 Å². The number of hydrogen-bond donors (Lipinski definition) is 3. The number of carboxylic acid groups (broad SMARTS) is 1. The monoisotopic (exact) mass is 410 g/mol. The standard InChI is InChI=1S/C18H26N4O3S2/c1-2-3-4-6-11-19-17(25)22(12-7-5-8-15(23)24)14-10-9-13-16(21-14)27-18(26)20-13/h9-10H,2-8,11-12H2,1H3,(H,19,25)(H,20,26)(H,23,24). The van der Waals surface area contributed by atoms with Crippen LogP contribution in [0.25, 0.3) is 10.3 Å². The maximum absolute atomic E-state index is 12.7. The number of carbonyl (C=O) groups is 2. The summed E-state index contributed by atoms with van der Waals surface area (Å²) < 4.78 is 0.642. The molecule has 2 aromatic rings. The Morgan fingerprint density at radius 1 is 1.26 bits per heavy atom. The third-order valence-electron chi connectivity index (χ3n) is 4.12. The van der Waals surface area contributed by atoms with Crippen molar-refractivity contribution in [3.05, 3.63) is 16.1 Å². The van der Waals surface area contributed by atoms with Gasteiger partial charge in [-0.25, -0.2) is 9.78 Å². The van der Waals surface area contributed by atoms with Crippen molar-refractivity contribution in [2.45, 2.75) is 51.9 Å². The number of fused-ring (bicyclic) bond motifs is 1. The molecule has 2 amide bonds. The van der Waals surface area contributed by atoms with Crippen LogP contribution in [0.3, 0.4) is 0 Å². The molecular formula is C18H26N4O3S2. The van der Waals surface area contributed by atoms with Gasteiger partial charge in [0.25, 0.3) is 0 Å². The van der Waals surface area contributed by atoms with Gasteiger partial charge in [-0.15, -0.1) is 0 Å². The molecule has 0 aromatic carbocycles. The number of nitrogens with zero attached hydrogens (tertiary/aromatic N) is 2. The second kappa shape index (κ2) is 11.0. The van der Waals surface area contributed by atoms with Gasteiger partial charge in [-0.3, -0.25) is 9.69 Å². The van der Waals surface area contributed by atoms with Crippen LogP contribution in [0.1, 0.15) is 51.9 Å². The van der Waals surface area contributed by atoms with E-state index in [0.29, 0.717) is 35.7 Å². The number of nitrogens with one attached hydrogen (secondary N) is 2. The van der Waals surface area contributed by atoms with Crippen molar-refractivity contribution < 1.29 is 14.7 Å². The molecule has 2 rings (SSSR count). The molecule has 0 aliphatic carbocycles. The minimum Gasteiger partial charge on any atom is -0.481 e. The van der Waals surface area contributed by atoms with Crippen molar-refractivity contribution in [2.24, 2.45) is 0 Å². The Hall–Kier alpha value is -2.00. The predicted molar refractivity (Wildman–Crippen MR) is 111 cm³/mol. The van der Waals surface area contributed by atoms with E-state index in [1.165, 1.54) is 11.3 Å². The highest BCUT2D eigenvalue weighted by Crippen LogP contribution is 2.22. The molecule has 2 heterocycles. The van der Waals surface area contributed by atoms with Crippen molar-refractivity contribution in [3.63, 3.8) is 0 Å². The van der Waals surface area contributed by atoms with Gasteiger partial charge in [0.2, 0.25) is 0 Å². The quantitative estimate of drug-likeness (QED) is 0.368. The average molecular weight is 411 g/mol. The van der Waals surface area contributed by atoms with E-state index in [1.54, 1.807) is 11.0 Å². The summed E-state index contributed by atoms with van der Waals surface area (Å²) >= 11 is 6.52. The largest absolute Gasteiger partial charge is 0.481 e. The molecule has 0 saturated carbocycles. The Morgan fingerprint density at radius 2 is 2.07 bits per heavy atom. The van der Waals surface area contributed by atoms with Gasteiger partial charge in [0, 0.05) is 19.5 Å². The van der Waals surface area contributed by atoms with E-state index < -0.39 is 5.97 Å². The zero-order chi connectivity index (χ0) is 19.6. The summed E-state index contributed by atoms with van der Waals surface area (Å²) in [5.41, 5.74) is 0.847. The number of carboxylic acids is 1. The number of rotatable bonds is 11. The molecule has 0 bridgehead atoms. The second-order valence-corrected chi connectivity index (χ2v) is 8.00. The van der Waals surface area contributed by atoms with Gasteiger partial charge in [-0.2, -0.15) is 0 Å². The van der Waals surface area contributed by atoms with Gasteiger partial charge in [0.05, 0.1) is 5.52 Å². The number of carbonyl (C=O) groups excluding carboxylic acids is 1. The highest BCUT2D eigenvalue weighted by Gasteiger charge is 2.17. The molecule has 0 spiro atoms. The molecule has 0 saturated heterocycles. The Morgan fingerprint density at radius 3 is 2.81 bits per heavy atom. The molecule has 0 fully saturated rings. The summed E-state index contributed by atoms with van der Waals surface area (Å²) in [5, 5.41) is 11.7. The number of aromatic nitrogens is 2. The number of hydrogen-bond acceptors (Lipinski definition) is 5. The molecule has 2 aromatic heterocycles. The first-order valence-electron chi connectivity index (χ1n) is 9.28. The average Bonchev–Trinajstić information content (AvgIpc) is 3.00. The first-order valence-corrected chi connectivity index (χ1v) is 10.5. The third-order valence-corrected chi connectivity index (χ3v) is 5.27. The van der Waals surface area contributed by atoms with Crippen molar-refractivity contribution in [2.75, 3.05) is 18.0 Å². The molecule has 0 unspecified atom stereocenters. The van der Waals surface area contributed by atoms with E-state index in [2.05, 4.69) is 22.2 Å². The van der Waals surface area contributed by atoms with E-state index >= 15 is 0 Å². The van der Waals surface area contributed by atoms with Crippen LogP contribution >= 0.6 is 23.6 Å². The number of pyridine rings is 1.